The Bertz CT molecular complexity index is 1150. The Morgan fingerprint density at radius 3 is 1.94 bits per heavy atom. The van der Waals surface area contributed by atoms with E-state index in [0.29, 0.717) is 26.2 Å². The van der Waals surface area contributed by atoms with E-state index < -0.39 is 25.9 Å². The van der Waals surface area contributed by atoms with Crippen LogP contribution in [0.25, 0.3) is 0 Å². The largest absolute Gasteiger partial charge is 0.338 e. The van der Waals surface area contributed by atoms with Crippen LogP contribution >= 0.6 is 0 Å². The van der Waals surface area contributed by atoms with Crippen molar-refractivity contribution in [3.8, 4) is 0 Å². The van der Waals surface area contributed by atoms with Crippen LogP contribution in [0.15, 0.2) is 60.7 Å². The summed E-state index contributed by atoms with van der Waals surface area (Å²) in [6.45, 7) is 1.72. The maximum Gasteiger partial charge on any atom is 0.244 e. The Morgan fingerprint density at radius 1 is 0.818 bits per heavy atom. The van der Waals surface area contributed by atoms with Gasteiger partial charge in [-0.2, -0.15) is 4.31 Å². The Labute approximate surface area is 195 Å². The lowest BCUT2D eigenvalue weighted by atomic mass is 10.0. The molecule has 2 fully saturated rings. The molecule has 0 aromatic heterocycles. The highest BCUT2D eigenvalue weighted by atomic mass is 32.2. The van der Waals surface area contributed by atoms with E-state index in [1.165, 1.54) is 4.31 Å². The van der Waals surface area contributed by atoms with Crippen molar-refractivity contribution in [2.45, 2.75) is 11.8 Å². The fourth-order valence-corrected chi connectivity index (χ4v) is 7.11. The van der Waals surface area contributed by atoms with Gasteiger partial charge in [-0.15, -0.1) is 0 Å². The monoisotopic (exact) mass is 491 g/mol. The Balaban J connectivity index is 1.45. The molecule has 2 heterocycles. The second-order valence-corrected chi connectivity index (χ2v) is 12.7. The molecule has 0 bridgehead atoms. The quantitative estimate of drug-likeness (QED) is 0.601. The van der Waals surface area contributed by atoms with Crippen molar-refractivity contribution in [2.24, 2.45) is 0 Å². The van der Waals surface area contributed by atoms with Gasteiger partial charge in [-0.05, 0) is 11.1 Å². The first-order valence-corrected chi connectivity index (χ1v) is 14.5. The predicted molar refractivity (Wildman–Crippen MR) is 127 cm³/mol. The molecule has 10 heteroatoms. The molecule has 0 radical (unpaired) electrons. The number of amides is 1. The van der Waals surface area contributed by atoms with Crippen LogP contribution in [0.3, 0.4) is 0 Å². The Kier molecular flexibility index (Phi) is 7.18. The van der Waals surface area contributed by atoms with Crippen molar-refractivity contribution in [2.75, 3.05) is 50.8 Å². The summed E-state index contributed by atoms with van der Waals surface area (Å²) in [6, 6.07) is 17.9. The van der Waals surface area contributed by atoms with Gasteiger partial charge in [0.2, 0.25) is 15.9 Å². The first-order chi connectivity index (χ1) is 15.8. The summed E-state index contributed by atoms with van der Waals surface area (Å²) >= 11 is 0. The fourth-order valence-electron chi connectivity index (χ4n) is 4.37. The third kappa shape index (κ3) is 5.81. The number of hydrogen-bond acceptors (Lipinski definition) is 6. The maximum atomic E-state index is 13.6. The maximum absolute atomic E-state index is 13.6. The molecule has 1 atom stereocenters. The topological polar surface area (TPSA) is 95.1 Å². The molecule has 1 amide bonds. The minimum absolute atomic E-state index is 0.0368. The van der Waals surface area contributed by atoms with Gasteiger partial charge in [-0.3, -0.25) is 9.69 Å². The zero-order valence-electron chi connectivity index (χ0n) is 18.4. The second-order valence-electron chi connectivity index (χ2n) is 8.47. The Morgan fingerprint density at radius 2 is 1.36 bits per heavy atom. The van der Waals surface area contributed by atoms with Crippen LogP contribution in [0.4, 0.5) is 0 Å². The van der Waals surface area contributed by atoms with Crippen LogP contribution in [-0.4, -0.2) is 87.6 Å². The fraction of sp³-hybridized carbons (Fsp3) is 0.435. The summed E-state index contributed by atoms with van der Waals surface area (Å²) in [5, 5.41) is 0. The van der Waals surface area contributed by atoms with Gasteiger partial charge in [0.05, 0.1) is 17.3 Å². The SMILES string of the molecule is O=C(C(c1ccccc1)N1CCS(=O)(=O)CC1)N1CCN(S(=O)(=O)Cc2ccccc2)CC1. The number of carbonyl (C=O) groups excluding carboxylic acids is 1. The van der Waals surface area contributed by atoms with Gasteiger partial charge in [-0.25, -0.2) is 16.8 Å². The first-order valence-electron chi connectivity index (χ1n) is 11.1. The number of carbonyl (C=O) groups is 1. The summed E-state index contributed by atoms with van der Waals surface area (Å²) in [5.41, 5.74) is 1.56. The van der Waals surface area contributed by atoms with E-state index in [1.54, 1.807) is 17.0 Å². The zero-order valence-corrected chi connectivity index (χ0v) is 20.0. The highest BCUT2D eigenvalue weighted by molar-refractivity contribution is 7.91. The van der Waals surface area contributed by atoms with Crippen LogP contribution in [0.5, 0.6) is 0 Å². The number of nitrogens with zero attached hydrogens (tertiary/aromatic N) is 3. The van der Waals surface area contributed by atoms with E-state index in [2.05, 4.69) is 0 Å². The number of hydrogen-bond donors (Lipinski definition) is 0. The third-order valence-corrected chi connectivity index (χ3v) is 9.69. The molecule has 178 valence electrons. The summed E-state index contributed by atoms with van der Waals surface area (Å²) in [4.78, 5) is 17.2. The van der Waals surface area contributed by atoms with Crippen LogP contribution in [0, 0.1) is 0 Å². The number of piperazine rings is 1. The van der Waals surface area contributed by atoms with Crippen LogP contribution in [-0.2, 0) is 30.4 Å². The smallest absolute Gasteiger partial charge is 0.244 e. The molecule has 33 heavy (non-hydrogen) atoms. The average Bonchev–Trinajstić information content (AvgIpc) is 2.81. The summed E-state index contributed by atoms with van der Waals surface area (Å²) in [6.07, 6.45) is 0. The average molecular weight is 492 g/mol. The van der Waals surface area contributed by atoms with E-state index >= 15 is 0 Å². The van der Waals surface area contributed by atoms with E-state index in [4.69, 9.17) is 0 Å². The summed E-state index contributed by atoms with van der Waals surface area (Å²) < 4.78 is 51.0. The highest BCUT2D eigenvalue weighted by Crippen LogP contribution is 2.26. The zero-order chi connectivity index (χ0) is 23.5. The van der Waals surface area contributed by atoms with E-state index in [9.17, 15) is 21.6 Å². The standard InChI is InChI=1S/C23H29N3O5S2/c27-23(22(21-9-5-2-6-10-21)24-15-17-32(28,29)18-16-24)25-11-13-26(14-12-25)33(30,31)19-20-7-3-1-4-8-20/h1-10,22H,11-19H2. The van der Waals surface area contributed by atoms with Crippen molar-refractivity contribution in [3.05, 3.63) is 71.8 Å². The molecule has 2 aliphatic heterocycles. The van der Waals surface area contributed by atoms with Gasteiger partial charge in [-0.1, -0.05) is 60.7 Å². The summed E-state index contributed by atoms with van der Waals surface area (Å²) in [7, 11) is -6.54. The molecule has 4 rings (SSSR count). The van der Waals surface area contributed by atoms with Gasteiger partial charge >= 0.3 is 0 Å². The first kappa shape index (κ1) is 23.9. The van der Waals surface area contributed by atoms with E-state index in [1.807, 2.05) is 53.4 Å². The highest BCUT2D eigenvalue weighted by Gasteiger charge is 2.37. The molecule has 0 spiro atoms. The van der Waals surface area contributed by atoms with Gasteiger partial charge in [0.15, 0.2) is 9.84 Å². The number of sulfone groups is 1. The van der Waals surface area contributed by atoms with Gasteiger partial charge in [0.25, 0.3) is 0 Å². The van der Waals surface area contributed by atoms with Crippen molar-refractivity contribution in [1.82, 2.24) is 14.1 Å². The van der Waals surface area contributed by atoms with Crippen molar-refractivity contribution >= 4 is 25.8 Å². The van der Waals surface area contributed by atoms with Crippen molar-refractivity contribution < 1.29 is 21.6 Å². The molecule has 0 saturated carbocycles. The molecule has 1 unspecified atom stereocenters. The van der Waals surface area contributed by atoms with Gasteiger partial charge in [0.1, 0.15) is 6.04 Å². The molecule has 0 N–H and O–H groups in total. The molecule has 2 saturated heterocycles. The lowest BCUT2D eigenvalue weighted by molar-refractivity contribution is -0.138. The van der Waals surface area contributed by atoms with E-state index in [0.717, 1.165) is 11.1 Å². The molecule has 8 nitrogen and oxygen atoms in total. The van der Waals surface area contributed by atoms with Gasteiger partial charge < -0.3 is 4.90 Å². The van der Waals surface area contributed by atoms with Gasteiger partial charge in [0, 0.05) is 39.3 Å². The minimum atomic E-state index is -3.47. The number of sulfonamides is 1. The minimum Gasteiger partial charge on any atom is -0.338 e. The van der Waals surface area contributed by atoms with Crippen molar-refractivity contribution in [1.29, 1.82) is 0 Å². The Hall–Kier alpha value is -2.27. The molecular formula is C23H29N3O5S2. The molecule has 2 aromatic carbocycles. The number of rotatable bonds is 6. The normalized spacial score (nSPS) is 20.9. The molecule has 0 aliphatic carbocycles. The van der Waals surface area contributed by atoms with Crippen LogP contribution < -0.4 is 0 Å². The molecule has 2 aliphatic rings. The lowest BCUT2D eigenvalue weighted by Gasteiger charge is -2.39. The van der Waals surface area contributed by atoms with Crippen LogP contribution in [0.2, 0.25) is 0 Å². The second kappa shape index (κ2) is 9.92. The summed E-state index contributed by atoms with van der Waals surface area (Å²) in [5.74, 6) is -0.0957. The third-order valence-electron chi connectivity index (χ3n) is 6.23. The molecule has 2 aromatic rings. The number of benzene rings is 2. The van der Waals surface area contributed by atoms with Crippen LogP contribution in [0.1, 0.15) is 17.2 Å². The van der Waals surface area contributed by atoms with Crippen molar-refractivity contribution in [3.63, 3.8) is 0 Å². The predicted octanol–water partition coefficient (Wildman–Crippen LogP) is 1.13. The molecular weight excluding hydrogens is 462 g/mol. The van der Waals surface area contributed by atoms with E-state index in [-0.39, 0.29) is 36.3 Å². The lowest BCUT2D eigenvalue weighted by Crippen LogP contribution is -2.54.